The molecule has 1 atom stereocenters. The number of nitrogens with one attached hydrogen (secondary N) is 2. The van der Waals surface area contributed by atoms with Crippen molar-refractivity contribution in [3.63, 3.8) is 0 Å². The molecule has 0 aliphatic rings. The number of carbonyl (C=O) groups excluding carboxylic acids is 1. The first-order valence-corrected chi connectivity index (χ1v) is 9.71. The summed E-state index contributed by atoms with van der Waals surface area (Å²) in [6.45, 7) is 9.63. The summed E-state index contributed by atoms with van der Waals surface area (Å²) in [5, 5.41) is 15.1. The maximum absolute atomic E-state index is 12.2. The first-order valence-electron chi connectivity index (χ1n) is 8.01. The highest BCUT2D eigenvalue weighted by Crippen LogP contribution is 2.29. The predicted octanol–water partition coefficient (Wildman–Crippen LogP) is 3.71. The average Bonchev–Trinajstić information content (AvgIpc) is 2.99. The lowest BCUT2D eigenvalue weighted by Gasteiger charge is -2.10. The molecule has 0 unspecified atom stereocenters. The molecule has 0 saturated heterocycles. The van der Waals surface area contributed by atoms with Gasteiger partial charge in [-0.3, -0.25) is 4.79 Å². The van der Waals surface area contributed by atoms with Gasteiger partial charge < -0.3 is 10.6 Å². The van der Waals surface area contributed by atoms with Gasteiger partial charge >= 0.3 is 0 Å². The topological polar surface area (TPSA) is 66.9 Å². The van der Waals surface area contributed by atoms with E-state index in [1.54, 1.807) is 0 Å². The molecule has 0 aliphatic heterocycles. The van der Waals surface area contributed by atoms with Crippen molar-refractivity contribution in [2.75, 3.05) is 11.9 Å². The largest absolute Gasteiger partial charge is 0.360 e. The Morgan fingerprint density at radius 3 is 2.58 bits per heavy atom. The first-order chi connectivity index (χ1) is 11.4. The Hall–Kier alpha value is -1.60. The summed E-state index contributed by atoms with van der Waals surface area (Å²) >= 11 is 2.92. The predicted molar refractivity (Wildman–Crippen MR) is 102 cm³/mol. The second-order valence-corrected chi connectivity index (χ2v) is 8.68. The maximum Gasteiger partial charge on any atom is 0.233 e. The third-order valence-electron chi connectivity index (χ3n) is 3.30. The second-order valence-electron chi connectivity index (χ2n) is 6.11. The number of nitrogens with zero attached hydrogens (tertiary/aromatic N) is 2. The fourth-order valence-corrected chi connectivity index (χ4v) is 3.79. The molecule has 130 valence electrons. The van der Waals surface area contributed by atoms with Gasteiger partial charge in [-0.25, -0.2) is 0 Å². The van der Waals surface area contributed by atoms with E-state index in [4.69, 9.17) is 0 Å². The van der Waals surface area contributed by atoms with Crippen LogP contribution in [0.3, 0.4) is 0 Å². The van der Waals surface area contributed by atoms with Crippen molar-refractivity contribution in [1.29, 1.82) is 0 Å². The van der Waals surface area contributed by atoms with Crippen LogP contribution >= 0.6 is 23.1 Å². The Labute approximate surface area is 151 Å². The number of anilines is 1. The summed E-state index contributed by atoms with van der Waals surface area (Å²) < 4.78 is 0.805. The van der Waals surface area contributed by atoms with Crippen LogP contribution in [0.4, 0.5) is 5.13 Å². The monoisotopic (exact) mass is 364 g/mol. The Bertz CT molecular complexity index is 655. The van der Waals surface area contributed by atoms with Crippen molar-refractivity contribution < 1.29 is 4.79 Å². The highest BCUT2D eigenvalue weighted by Gasteiger charge is 2.17. The van der Waals surface area contributed by atoms with Gasteiger partial charge in [0, 0.05) is 13.1 Å². The SMILES string of the molecule is Cc1ccc(CNC(=O)[C@@H](C)Sc2nnc(NCC(C)C)s2)cc1. The number of hydrogen-bond donors (Lipinski definition) is 2. The number of aryl methyl sites for hydroxylation is 1. The zero-order valence-corrected chi connectivity index (χ0v) is 16.1. The van der Waals surface area contributed by atoms with E-state index in [2.05, 4.69) is 34.7 Å². The maximum atomic E-state index is 12.2. The van der Waals surface area contributed by atoms with Crippen LogP contribution in [0.25, 0.3) is 0 Å². The Morgan fingerprint density at radius 2 is 1.92 bits per heavy atom. The average molecular weight is 365 g/mol. The minimum Gasteiger partial charge on any atom is -0.360 e. The van der Waals surface area contributed by atoms with Crippen LogP contribution in [0.2, 0.25) is 0 Å². The molecule has 2 rings (SSSR count). The highest BCUT2D eigenvalue weighted by molar-refractivity contribution is 8.02. The number of carbonyl (C=O) groups is 1. The van der Waals surface area contributed by atoms with Crippen LogP contribution in [0.5, 0.6) is 0 Å². The summed E-state index contributed by atoms with van der Waals surface area (Å²) in [6, 6.07) is 8.16. The molecule has 0 radical (unpaired) electrons. The van der Waals surface area contributed by atoms with Gasteiger partial charge in [0.2, 0.25) is 11.0 Å². The lowest BCUT2D eigenvalue weighted by atomic mass is 10.1. The highest BCUT2D eigenvalue weighted by atomic mass is 32.2. The van der Waals surface area contributed by atoms with Crippen molar-refractivity contribution in [3.8, 4) is 0 Å². The van der Waals surface area contributed by atoms with Crippen LogP contribution in [0.15, 0.2) is 28.6 Å². The minimum atomic E-state index is -0.207. The van der Waals surface area contributed by atoms with Crippen LogP contribution in [-0.2, 0) is 11.3 Å². The van der Waals surface area contributed by atoms with E-state index >= 15 is 0 Å². The molecule has 2 N–H and O–H groups in total. The van der Waals surface area contributed by atoms with Crippen LogP contribution in [0.1, 0.15) is 31.9 Å². The Kier molecular flexibility index (Phi) is 7.05. The van der Waals surface area contributed by atoms with Crippen LogP contribution in [-0.4, -0.2) is 27.9 Å². The van der Waals surface area contributed by atoms with Gasteiger partial charge in [-0.2, -0.15) is 0 Å². The van der Waals surface area contributed by atoms with Crippen molar-refractivity contribution in [3.05, 3.63) is 35.4 Å². The standard InChI is InChI=1S/C17H24N4OS2/c1-11(2)9-19-16-20-21-17(24-16)23-13(4)15(22)18-10-14-7-5-12(3)6-8-14/h5-8,11,13H,9-10H2,1-4H3,(H,18,22)(H,19,20)/t13-/m1/s1. The normalized spacial score (nSPS) is 12.2. The molecule has 0 aliphatic carbocycles. The van der Waals surface area contributed by atoms with Gasteiger partial charge in [0.1, 0.15) is 0 Å². The smallest absolute Gasteiger partial charge is 0.233 e. The van der Waals surface area contributed by atoms with Gasteiger partial charge in [0.15, 0.2) is 4.34 Å². The van der Waals surface area contributed by atoms with E-state index < -0.39 is 0 Å². The van der Waals surface area contributed by atoms with Gasteiger partial charge in [0.05, 0.1) is 5.25 Å². The van der Waals surface area contributed by atoms with E-state index in [9.17, 15) is 4.79 Å². The number of thioether (sulfide) groups is 1. The number of benzene rings is 1. The summed E-state index contributed by atoms with van der Waals surface area (Å²) in [5.41, 5.74) is 2.31. The van der Waals surface area contributed by atoms with Crippen LogP contribution in [0, 0.1) is 12.8 Å². The summed E-state index contributed by atoms with van der Waals surface area (Å²) in [4.78, 5) is 12.2. The van der Waals surface area contributed by atoms with Gasteiger partial charge in [-0.05, 0) is 25.3 Å². The van der Waals surface area contributed by atoms with E-state index in [1.165, 1.54) is 28.7 Å². The molecule has 5 nitrogen and oxygen atoms in total. The molecule has 0 spiro atoms. The molecule has 1 aromatic heterocycles. The summed E-state index contributed by atoms with van der Waals surface area (Å²) in [7, 11) is 0. The molecule has 0 bridgehead atoms. The van der Waals surface area contributed by atoms with Crippen molar-refractivity contribution in [2.24, 2.45) is 5.92 Å². The molecule has 0 fully saturated rings. The summed E-state index contributed by atoms with van der Waals surface area (Å²) in [5.74, 6) is 0.559. The number of hydrogen-bond acceptors (Lipinski definition) is 6. The zero-order chi connectivity index (χ0) is 17.5. The summed E-state index contributed by atoms with van der Waals surface area (Å²) in [6.07, 6.45) is 0. The van der Waals surface area contributed by atoms with E-state index in [-0.39, 0.29) is 11.2 Å². The number of rotatable bonds is 8. The van der Waals surface area contributed by atoms with Gasteiger partial charge in [0.25, 0.3) is 0 Å². The molecule has 1 heterocycles. The lowest BCUT2D eigenvalue weighted by molar-refractivity contribution is -0.120. The molecule has 7 heteroatoms. The Morgan fingerprint density at radius 1 is 1.21 bits per heavy atom. The first kappa shape index (κ1) is 18.7. The zero-order valence-electron chi connectivity index (χ0n) is 14.5. The fraction of sp³-hybridized carbons (Fsp3) is 0.471. The molecule has 1 aromatic carbocycles. The van der Waals surface area contributed by atoms with Gasteiger partial charge in [-0.1, -0.05) is 66.8 Å². The minimum absolute atomic E-state index is 0.00691. The van der Waals surface area contributed by atoms with E-state index in [1.807, 2.05) is 38.1 Å². The van der Waals surface area contributed by atoms with Crippen LogP contribution < -0.4 is 10.6 Å². The lowest BCUT2D eigenvalue weighted by Crippen LogP contribution is -2.30. The molecular formula is C17H24N4OS2. The number of aromatic nitrogens is 2. The van der Waals surface area contributed by atoms with Crippen molar-refractivity contribution in [1.82, 2.24) is 15.5 Å². The molecule has 1 amide bonds. The molecule has 0 saturated carbocycles. The quantitative estimate of drug-likeness (QED) is 0.699. The second kappa shape index (κ2) is 9.03. The van der Waals surface area contributed by atoms with Crippen molar-refractivity contribution >= 4 is 34.1 Å². The molecule has 24 heavy (non-hydrogen) atoms. The Balaban J connectivity index is 1.79. The van der Waals surface area contributed by atoms with E-state index in [0.29, 0.717) is 12.5 Å². The molecular weight excluding hydrogens is 340 g/mol. The van der Waals surface area contributed by atoms with Crippen molar-refractivity contribution in [2.45, 2.75) is 43.8 Å². The van der Waals surface area contributed by atoms with E-state index in [0.717, 1.165) is 21.6 Å². The molecule has 2 aromatic rings. The third-order valence-corrected chi connectivity index (χ3v) is 5.37. The number of amides is 1. The van der Waals surface area contributed by atoms with Gasteiger partial charge in [-0.15, -0.1) is 10.2 Å². The fourth-order valence-electron chi connectivity index (χ4n) is 1.86. The third kappa shape index (κ3) is 6.13.